The maximum absolute atomic E-state index is 2.53. The summed E-state index contributed by atoms with van der Waals surface area (Å²) in [6.07, 6.45) is 0. The highest BCUT2D eigenvalue weighted by Gasteiger charge is 2.27. The van der Waals surface area contributed by atoms with Gasteiger partial charge in [0.05, 0.1) is 0 Å². The molecule has 0 spiro atoms. The maximum Gasteiger partial charge on any atom is 0.0467 e. The van der Waals surface area contributed by atoms with Crippen molar-refractivity contribution in [1.82, 2.24) is 0 Å². The van der Waals surface area contributed by atoms with Crippen LogP contribution in [-0.2, 0) is 0 Å². The Balaban J connectivity index is 0.989. The zero-order chi connectivity index (χ0) is 69.2. The minimum atomic E-state index is 1.13. The van der Waals surface area contributed by atoms with E-state index in [1.54, 1.807) is 0 Å². The van der Waals surface area contributed by atoms with Crippen LogP contribution in [0.2, 0.25) is 0 Å². The number of nitrogens with zero attached hydrogens (tertiary/aromatic N) is 4. The van der Waals surface area contributed by atoms with Crippen molar-refractivity contribution in [3.8, 4) is 33.4 Å². The number of anilines is 12. The van der Waals surface area contributed by atoms with Crippen LogP contribution in [0, 0.1) is 145 Å². The molecule has 0 bridgehead atoms. The highest BCUT2D eigenvalue weighted by Crippen LogP contribution is 2.49. The van der Waals surface area contributed by atoms with Gasteiger partial charge in [0, 0.05) is 68.2 Å². The summed E-state index contributed by atoms with van der Waals surface area (Å²) < 4.78 is 0. The molecule has 0 unspecified atom stereocenters. The topological polar surface area (TPSA) is 13.0 Å². The molecule has 4 nitrogen and oxygen atoms in total. The number of hydrogen-bond acceptors (Lipinski definition) is 4. The Labute approximate surface area is 580 Å². The van der Waals surface area contributed by atoms with Gasteiger partial charge in [0.25, 0.3) is 0 Å². The summed E-state index contributed by atoms with van der Waals surface area (Å²) >= 11 is 0. The molecule has 0 heterocycles. The van der Waals surface area contributed by atoms with Gasteiger partial charge in [-0.2, -0.15) is 0 Å². The zero-order valence-electron chi connectivity index (χ0n) is 61.3. The Morgan fingerprint density at radius 2 is 0.258 bits per heavy atom. The number of rotatable bonds is 15. The monoisotopic (exact) mass is 1270 g/mol. The SMILES string of the molecule is Cc1ccc(N(c2ccc(C)c(C)c2)c2cc(C)c(-c3c(C)cc(N(c4cc(C)c(-c5c(C)cc(N(c6ccc(C)cc6)c6ccc(C)c(C)c6)cc5C)c(C)c4)c4cc(C)c(-c5c(C)cc(N(c6ccc(C)cc6)c6ccc(C)c(C)c6)cc5C)c(C)c4)cc3C)c(C)c2)cc1. The van der Waals surface area contributed by atoms with Crippen molar-refractivity contribution in [2.75, 3.05) is 19.6 Å². The standard InChI is InChI=1S/C93H96N4/c1-55-22-31-76(32-23-55)94(79-37-28-58(4)61(7)40-79)82-43-64(10)88(65(11)44-82)91-70(16)49-85(50-71(91)17)97(86-51-72(18)92(73(19)52-86)89-66(12)45-83(46-67(89)13)95(77-33-24-56(2)25-34-77)80-38-29-59(5)62(8)41-80)87-53-74(20)93(75(21)54-87)90-68(14)47-84(48-69(90)15)96(78-35-26-57(3)27-36-78)81-39-30-60(6)63(9)42-81/h22-54H,1-21H3. The van der Waals surface area contributed by atoms with Crippen LogP contribution in [-0.4, -0.2) is 0 Å². The molecule has 0 saturated carbocycles. The van der Waals surface area contributed by atoms with Crippen molar-refractivity contribution in [3.63, 3.8) is 0 Å². The smallest absolute Gasteiger partial charge is 0.0467 e. The molecule has 0 N–H and O–H groups in total. The molecule has 0 aliphatic rings. The van der Waals surface area contributed by atoms with Crippen LogP contribution >= 0.6 is 0 Å². The van der Waals surface area contributed by atoms with E-state index in [9.17, 15) is 0 Å². The van der Waals surface area contributed by atoms with E-state index in [2.05, 4.69) is 365 Å². The Hall–Kier alpha value is -10.2. The quantitative estimate of drug-likeness (QED) is 0.101. The molecule has 0 aromatic heterocycles. The normalized spacial score (nSPS) is 11.4. The fourth-order valence-electron chi connectivity index (χ4n) is 15.2. The first kappa shape index (κ1) is 66.8. The maximum atomic E-state index is 2.53. The Morgan fingerprint density at radius 1 is 0.124 bits per heavy atom. The molecule has 12 aromatic rings. The highest BCUT2D eigenvalue weighted by molar-refractivity contribution is 5.92. The van der Waals surface area contributed by atoms with E-state index in [1.165, 1.54) is 150 Å². The molecule has 0 amide bonds. The average molecular weight is 1270 g/mol. The van der Waals surface area contributed by atoms with Gasteiger partial charge in [0.1, 0.15) is 0 Å². The lowest BCUT2D eigenvalue weighted by atomic mass is 9.87. The second-order valence-electron chi connectivity index (χ2n) is 28.4. The molecule has 97 heavy (non-hydrogen) atoms. The van der Waals surface area contributed by atoms with Gasteiger partial charge in [-0.25, -0.2) is 0 Å². The summed E-state index contributed by atoms with van der Waals surface area (Å²) in [5.41, 5.74) is 47.7. The Morgan fingerprint density at radius 3 is 0.412 bits per heavy atom. The number of hydrogen-bond donors (Lipinski definition) is 0. The van der Waals surface area contributed by atoms with Crippen LogP contribution in [0.5, 0.6) is 0 Å². The molecule has 12 rings (SSSR count). The average Bonchev–Trinajstić information content (AvgIpc) is 0.763. The second-order valence-corrected chi connectivity index (χ2v) is 28.4. The van der Waals surface area contributed by atoms with Gasteiger partial charge in [-0.05, 0) is 425 Å². The number of aryl methyl sites for hydroxylation is 21. The molecular weight excluding hydrogens is 1170 g/mol. The zero-order valence-corrected chi connectivity index (χ0v) is 61.3. The predicted octanol–water partition coefficient (Wildman–Crippen LogP) is 27.0. The molecule has 0 aliphatic heterocycles. The van der Waals surface area contributed by atoms with Crippen LogP contribution in [0.4, 0.5) is 68.2 Å². The summed E-state index contributed by atoms with van der Waals surface area (Å²) in [7, 11) is 0. The van der Waals surface area contributed by atoms with Gasteiger partial charge < -0.3 is 19.6 Å². The van der Waals surface area contributed by atoms with Gasteiger partial charge >= 0.3 is 0 Å². The van der Waals surface area contributed by atoms with E-state index >= 15 is 0 Å². The van der Waals surface area contributed by atoms with Gasteiger partial charge in [0.15, 0.2) is 0 Å². The van der Waals surface area contributed by atoms with Gasteiger partial charge in [-0.15, -0.1) is 0 Å². The third-order valence-electron chi connectivity index (χ3n) is 20.5. The molecule has 0 atom stereocenters. The largest absolute Gasteiger partial charge is 0.310 e. The molecule has 0 fully saturated rings. The fourth-order valence-corrected chi connectivity index (χ4v) is 15.2. The molecular formula is C93H96N4. The molecule has 4 heteroatoms. The van der Waals surface area contributed by atoms with Crippen molar-refractivity contribution in [2.45, 2.75) is 145 Å². The summed E-state index contributed by atoms with van der Waals surface area (Å²) in [6, 6.07) is 76.2. The Kier molecular flexibility index (Phi) is 18.5. The van der Waals surface area contributed by atoms with Crippen LogP contribution in [0.25, 0.3) is 33.4 Å². The molecule has 12 aromatic carbocycles. The van der Waals surface area contributed by atoms with E-state index in [-0.39, 0.29) is 0 Å². The third kappa shape index (κ3) is 13.1. The lowest BCUT2D eigenvalue weighted by Crippen LogP contribution is -2.14. The van der Waals surface area contributed by atoms with Crippen molar-refractivity contribution >= 4 is 68.2 Å². The predicted molar refractivity (Wildman–Crippen MR) is 421 cm³/mol. The summed E-state index contributed by atoms with van der Waals surface area (Å²) in [4.78, 5) is 9.77. The number of benzene rings is 12. The lowest BCUT2D eigenvalue weighted by molar-refractivity contribution is 1.20. The first-order valence-corrected chi connectivity index (χ1v) is 34.5. The molecule has 488 valence electrons. The van der Waals surface area contributed by atoms with Crippen LogP contribution in [0.1, 0.15) is 117 Å². The molecule has 0 aliphatic carbocycles. The first-order valence-electron chi connectivity index (χ1n) is 34.5. The summed E-state index contributed by atoms with van der Waals surface area (Å²) in [6.45, 7) is 47.3. The van der Waals surface area contributed by atoms with Gasteiger partial charge in [-0.1, -0.05) is 71.3 Å². The van der Waals surface area contributed by atoms with Crippen LogP contribution in [0.3, 0.4) is 0 Å². The Bertz CT molecular complexity index is 4400. The van der Waals surface area contributed by atoms with E-state index in [0.717, 1.165) is 68.2 Å². The van der Waals surface area contributed by atoms with Crippen molar-refractivity contribution in [1.29, 1.82) is 0 Å². The first-order chi connectivity index (χ1) is 46.2. The van der Waals surface area contributed by atoms with Gasteiger partial charge in [-0.3, -0.25) is 0 Å². The van der Waals surface area contributed by atoms with Crippen molar-refractivity contribution in [2.24, 2.45) is 0 Å². The highest BCUT2D eigenvalue weighted by atomic mass is 15.2. The van der Waals surface area contributed by atoms with E-state index < -0.39 is 0 Å². The van der Waals surface area contributed by atoms with Crippen LogP contribution < -0.4 is 19.6 Å². The third-order valence-corrected chi connectivity index (χ3v) is 20.5. The summed E-state index contributed by atoms with van der Waals surface area (Å²) in [5, 5.41) is 0. The molecule has 0 radical (unpaired) electrons. The fraction of sp³-hybridized carbons (Fsp3) is 0.226. The molecule has 0 saturated heterocycles. The van der Waals surface area contributed by atoms with E-state index in [0.29, 0.717) is 0 Å². The van der Waals surface area contributed by atoms with Crippen LogP contribution in [0.15, 0.2) is 200 Å². The minimum absolute atomic E-state index is 1.13. The lowest BCUT2D eigenvalue weighted by Gasteiger charge is -2.31. The summed E-state index contributed by atoms with van der Waals surface area (Å²) in [5.74, 6) is 0. The van der Waals surface area contributed by atoms with Crippen molar-refractivity contribution < 1.29 is 0 Å². The van der Waals surface area contributed by atoms with Gasteiger partial charge in [0.2, 0.25) is 0 Å². The van der Waals surface area contributed by atoms with E-state index in [4.69, 9.17) is 0 Å². The van der Waals surface area contributed by atoms with E-state index in [1.807, 2.05) is 0 Å². The minimum Gasteiger partial charge on any atom is -0.310 e. The van der Waals surface area contributed by atoms with Crippen molar-refractivity contribution in [3.05, 3.63) is 317 Å². The second kappa shape index (κ2) is 26.8.